The highest BCUT2D eigenvalue weighted by Crippen LogP contribution is 2.15. The summed E-state index contributed by atoms with van der Waals surface area (Å²) >= 11 is 5.76. The fourth-order valence-corrected chi connectivity index (χ4v) is 2.40. The van der Waals surface area contributed by atoms with Crippen molar-refractivity contribution in [1.82, 2.24) is 5.32 Å². The minimum atomic E-state index is -0.622. The molecule has 0 bridgehead atoms. The zero-order valence-electron chi connectivity index (χ0n) is 15.7. The van der Waals surface area contributed by atoms with Crippen molar-refractivity contribution in [3.63, 3.8) is 0 Å². The monoisotopic (exact) mass is 417 g/mol. The van der Waals surface area contributed by atoms with Crippen molar-refractivity contribution in [1.29, 1.82) is 0 Å². The second-order valence-electron chi connectivity index (χ2n) is 5.98. The van der Waals surface area contributed by atoms with Gasteiger partial charge in [-0.25, -0.2) is 0 Å². The van der Waals surface area contributed by atoms with Crippen LogP contribution in [0.4, 0.5) is 11.4 Å². The van der Waals surface area contributed by atoms with Gasteiger partial charge in [0.1, 0.15) is 0 Å². The average Bonchev–Trinajstić information content (AvgIpc) is 2.66. The molecule has 0 atom stereocenters. The van der Waals surface area contributed by atoms with Crippen molar-refractivity contribution in [3.8, 4) is 0 Å². The molecule has 3 N–H and O–H groups in total. The SMILES string of the molecule is CC(=O)Nc1cccc(NC(=O)COC(=O)CCNC(=O)c2ccc(Cl)cc2)c1. The molecule has 0 heterocycles. The number of hydrogen-bond donors (Lipinski definition) is 3. The van der Waals surface area contributed by atoms with E-state index >= 15 is 0 Å². The second kappa shape index (κ2) is 10.8. The van der Waals surface area contributed by atoms with Crippen LogP contribution in [-0.2, 0) is 19.1 Å². The highest BCUT2D eigenvalue weighted by atomic mass is 35.5. The number of amides is 3. The molecule has 0 aliphatic carbocycles. The van der Waals surface area contributed by atoms with Crippen LogP contribution in [0.15, 0.2) is 48.5 Å². The Morgan fingerprint density at radius 1 is 0.966 bits per heavy atom. The summed E-state index contributed by atoms with van der Waals surface area (Å²) < 4.78 is 4.88. The van der Waals surface area contributed by atoms with E-state index in [0.29, 0.717) is 22.0 Å². The molecule has 3 amide bonds. The number of nitrogens with one attached hydrogen (secondary N) is 3. The smallest absolute Gasteiger partial charge is 0.308 e. The van der Waals surface area contributed by atoms with Crippen molar-refractivity contribution in [3.05, 3.63) is 59.1 Å². The van der Waals surface area contributed by atoms with Crippen molar-refractivity contribution in [2.45, 2.75) is 13.3 Å². The maximum Gasteiger partial charge on any atom is 0.308 e. The minimum Gasteiger partial charge on any atom is -0.456 e. The first-order valence-electron chi connectivity index (χ1n) is 8.70. The summed E-state index contributed by atoms with van der Waals surface area (Å²) in [5.41, 5.74) is 1.40. The lowest BCUT2D eigenvalue weighted by Crippen LogP contribution is -2.27. The molecular weight excluding hydrogens is 398 g/mol. The van der Waals surface area contributed by atoms with Gasteiger partial charge in [-0.15, -0.1) is 0 Å². The molecule has 0 aliphatic heterocycles. The molecule has 9 heteroatoms. The predicted octanol–water partition coefficient (Wildman–Crippen LogP) is 2.60. The summed E-state index contributed by atoms with van der Waals surface area (Å²) in [5, 5.41) is 8.26. The van der Waals surface area contributed by atoms with Crippen molar-refractivity contribution >= 4 is 46.7 Å². The summed E-state index contributed by atoms with van der Waals surface area (Å²) in [7, 11) is 0. The molecule has 152 valence electrons. The lowest BCUT2D eigenvalue weighted by molar-refractivity contribution is -0.147. The standard InChI is InChI=1S/C20H20ClN3O5/c1-13(25)23-16-3-2-4-17(11-16)24-18(26)12-29-19(27)9-10-22-20(28)14-5-7-15(21)8-6-14/h2-8,11H,9-10,12H2,1H3,(H,22,28)(H,23,25)(H,24,26). The quantitative estimate of drug-likeness (QED) is 0.571. The van der Waals surface area contributed by atoms with Crippen molar-refractivity contribution in [2.24, 2.45) is 0 Å². The second-order valence-corrected chi connectivity index (χ2v) is 6.42. The van der Waals surface area contributed by atoms with Gasteiger partial charge in [-0.2, -0.15) is 0 Å². The van der Waals surface area contributed by atoms with Gasteiger partial charge in [0.25, 0.3) is 11.8 Å². The van der Waals surface area contributed by atoms with Gasteiger partial charge >= 0.3 is 5.97 Å². The maximum atomic E-state index is 11.9. The van der Waals surface area contributed by atoms with Gasteiger partial charge in [0.15, 0.2) is 6.61 Å². The fourth-order valence-electron chi connectivity index (χ4n) is 2.27. The number of esters is 1. The Labute approximate surface area is 172 Å². The van der Waals surface area contributed by atoms with Crippen LogP contribution < -0.4 is 16.0 Å². The number of carbonyl (C=O) groups is 4. The van der Waals surface area contributed by atoms with E-state index in [1.165, 1.54) is 6.92 Å². The van der Waals surface area contributed by atoms with Crippen LogP contribution in [0.25, 0.3) is 0 Å². The van der Waals surface area contributed by atoms with E-state index in [1.807, 2.05) is 0 Å². The van der Waals surface area contributed by atoms with Crippen LogP contribution in [0, 0.1) is 0 Å². The zero-order chi connectivity index (χ0) is 21.2. The predicted molar refractivity (Wildman–Crippen MR) is 109 cm³/mol. The van der Waals surface area contributed by atoms with Crippen LogP contribution >= 0.6 is 11.6 Å². The summed E-state index contributed by atoms with van der Waals surface area (Å²) in [6.45, 7) is 0.984. The first-order chi connectivity index (χ1) is 13.8. The molecule has 2 aromatic carbocycles. The summed E-state index contributed by atoms with van der Waals surface area (Å²) in [6.07, 6.45) is -0.0787. The minimum absolute atomic E-state index is 0.0701. The molecule has 8 nitrogen and oxygen atoms in total. The van der Waals surface area contributed by atoms with Crippen LogP contribution in [0.3, 0.4) is 0 Å². The van der Waals surface area contributed by atoms with E-state index in [0.717, 1.165) is 0 Å². The Morgan fingerprint density at radius 3 is 2.28 bits per heavy atom. The van der Waals surface area contributed by atoms with E-state index in [4.69, 9.17) is 16.3 Å². The van der Waals surface area contributed by atoms with E-state index in [9.17, 15) is 19.2 Å². The van der Waals surface area contributed by atoms with Gasteiger partial charge in [-0.3, -0.25) is 19.2 Å². The number of ether oxygens (including phenoxy) is 1. The van der Waals surface area contributed by atoms with Gasteiger partial charge in [-0.05, 0) is 42.5 Å². The first kappa shape index (κ1) is 21.9. The van der Waals surface area contributed by atoms with E-state index in [2.05, 4.69) is 16.0 Å². The van der Waals surface area contributed by atoms with E-state index in [-0.39, 0.29) is 24.8 Å². The Hall–Kier alpha value is -3.39. The van der Waals surface area contributed by atoms with Crippen LogP contribution in [0.2, 0.25) is 5.02 Å². The van der Waals surface area contributed by atoms with Crippen molar-refractivity contribution in [2.75, 3.05) is 23.8 Å². The summed E-state index contributed by atoms with van der Waals surface area (Å²) in [4.78, 5) is 46.6. The molecule has 0 aliphatic rings. The average molecular weight is 418 g/mol. The molecule has 2 aromatic rings. The molecule has 2 rings (SSSR count). The number of benzene rings is 2. The topological polar surface area (TPSA) is 114 Å². The number of anilines is 2. The molecule has 0 saturated carbocycles. The number of halogens is 1. The van der Waals surface area contributed by atoms with Gasteiger partial charge in [0.2, 0.25) is 5.91 Å². The van der Waals surface area contributed by atoms with Crippen LogP contribution in [0.1, 0.15) is 23.7 Å². The third kappa shape index (κ3) is 8.02. The van der Waals surface area contributed by atoms with Crippen LogP contribution in [-0.4, -0.2) is 36.8 Å². The van der Waals surface area contributed by atoms with Crippen LogP contribution in [0.5, 0.6) is 0 Å². The Kier molecular flexibility index (Phi) is 8.17. The molecule has 0 radical (unpaired) electrons. The Balaban J connectivity index is 1.69. The molecule has 0 unspecified atom stereocenters. The Bertz CT molecular complexity index is 899. The molecular formula is C20H20ClN3O5. The van der Waals surface area contributed by atoms with Gasteiger partial charge in [0, 0.05) is 35.4 Å². The van der Waals surface area contributed by atoms with E-state index < -0.39 is 18.5 Å². The molecule has 0 spiro atoms. The van der Waals surface area contributed by atoms with Gasteiger partial charge in [0.05, 0.1) is 6.42 Å². The summed E-state index contributed by atoms with van der Waals surface area (Å²) in [6, 6.07) is 12.9. The first-order valence-corrected chi connectivity index (χ1v) is 9.08. The third-order valence-corrected chi connectivity index (χ3v) is 3.80. The zero-order valence-corrected chi connectivity index (χ0v) is 16.4. The number of carbonyl (C=O) groups excluding carboxylic acids is 4. The third-order valence-electron chi connectivity index (χ3n) is 3.55. The lowest BCUT2D eigenvalue weighted by Gasteiger charge is -2.09. The van der Waals surface area contributed by atoms with Gasteiger partial charge in [-0.1, -0.05) is 17.7 Å². The van der Waals surface area contributed by atoms with E-state index in [1.54, 1.807) is 48.5 Å². The molecule has 0 fully saturated rings. The highest BCUT2D eigenvalue weighted by Gasteiger charge is 2.10. The normalized spacial score (nSPS) is 10.0. The number of rotatable bonds is 8. The molecule has 29 heavy (non-hydrogen) atoms. The maximum absolute atomic E-state index is 11.9. The summed E-state index contributed by atoms with van der Waals surface area (Å²) in [5.74, 6) is -1.72. The highest BCUT2D eigenvalue weighted by molar-refractivity contribution is 6.30. The van der Waals surface area contributed by atoms with Crippen molar-refractivity contribution < 1.29 is 23.9 Å². The largest absolute Gasteiger partial charge is 0.456 e. The molecule has 0 aromatic heterocycles. The lowest BCUT2D eigenvalue weighted by atomic mass is 10.2. The fraction of sp³-hybridized carbons (Fsp3) is 0.200. The number of hydrogen-bond acceptors (Lipinski definition) is 5. The molecule has 0 saturated heterocycles. The Morgan fingerprint density at radius 2 is 1.62 bits per heavy atom. The van der Waals surface area contributed by atoms with Gasteiger partial charge < -0.3 is 20.7 Å².